The first kappa shape index (κ1) is 13.1. The quantitative estimate of drug-likeness (QED) is 0.634. The fourth-order valence-corrected chi connectivity index (χ4v) is 2.57. The van der Waals surface area contributed by atoms with E-state index in [2.05, 4.69) is 19.2 Å². The molecule has 3 atom stereocenters. The lowest BCUT2D eigenvalue weighted by Gasteiger charge is -2.11. The number of aliphatic hydroxyl groups excluding tert-OH is 1. The van der Waals surface area contributed by atoms with Crippen molar-refractivity contribution in [3.63, 3.8) is 0 Å². The van der Waals surface area contributed by atoms with Crippen LogP contribution in [0.1, 0.15) is 20.3 Å². The summed E-state index contributed by atoms with van der Waals surface area (Å²) in [6.45, 7) is 4.69. The fraction of sp³-hybridized carbons (Fsp3) is 1.00. The number of hydrogen-bond acceptors (Lipinski definition) is 3. The molecular weight excluding hydrogens is 186 g/mol. The van der Waals surface area contributed by atoms with Crippen molar-refractivity contribution in [3.8, 4) is 0 Å². The van der Waals surface area contributed by atoms with Gasteiger partial charge in [-0.1, -0.05) is 20.3 Å². The first-order valence-corrected chi connectivity index (χ1v) is 6.26. The normalized spacial score (nSPS) is 18.2. The van der Waals surface area contributed by atoms with Crippen LogP contribution in [0.15, 0.2) is 0 Å². The van der Waals surface area contributed by atoms with E-state index in [0.717, 1.165) is 6.42 Å². The van der Waals surface area contributed by atoms with Gasteiger partial charge in [0.2, 0.25) is 0 Å². The summed E-state index contributed by atoms with van der Waals surface area (Å²) < 4.78 is 11.4. The third-order valence-corrected chi connectivity index (χ3v) is 3.68. The van der Waals surface area contributed by atoms with Gasteiger partial charge in [0, 0.05) is 23.1 Å². The highest BCUT2D eigenvalue weighted by atomic mass is 32.2. The Morgan fingerprint density at radius 1 is 1.46 bits per heavy atom. The van der Waals surface area contributed by atoms with Crippen molar-refractivity contribution in [2.45, 2.75) is 26.4 Å². The third-order valence-electron chi connectivity index (χ3n) is 1.99. The molecule has 0 aliphatic carbocycles. The van der Waals surface area contributed by atoms with Crippen LogP contribution in [-0.4, -0.2) is 40.5 Å². The molecule has 4 heteroatoms. The number of likely N-dealkylation sites (N-methyl/N-ethyl adjacent to an activating group) is 1. The second-order valence-corrected chi connectivity index (χ2v) is 5.04. The van der Waals surface area contributed by atoms with Crippen LogP contribution in [0, 0.1) is 5.92 Å². The molecule has 2 N–H and O–H groups in total. The first-order chi connectivity index (χ1) is 6.10. The molecule has 0 saturated heterocycles. The summed E-state index contributed by atoms with van der Waals surface area (Å²) in [7, 11) is 0.907. The minimum absolute atomic E-state index is 0.394. The van der Waals surface area contributed by atoms with Crippen molar-refractivity contribution in [2.24, 2.45) is 5.92 Å². The Bertz CT molecular complexity index is 153. The van der Waals surface area contributed by atoms with Crippen molar-refractivity contribution in [1.29, 1.82) is 0 Å². The summed E-state index contributed by atoms with van der Waals surface area (Å²) in [5.74, 6) is 1.59. The van der Waals surface area contributed by atoms with Crippen molar-refractivity contribution < 1.29 is 9.32 Å². The summed E-state index contributed by atoms with van der Waals surface area (Å²) in [6.07, 6.45) is 0.573. The van der Waals surface area contributed by atoms with E-state index in [1.807, 2.05) is 0 Å². The van der Waals surface area contributed by atoms with Crippen molar-refractivity contribution in [2.75, 3.05) is 25.1 Å². The molecule has 0 aromatic carbocycles. The van der Waals surface area contributed by atoms with Crippen LogP contribution in [0.3, 0.4) is 0 Å². The first-order valence-electron chi connectivity index (χ1n) is 4.77. The summed E-state index contributed by atoms with van der Waals surface area (Å²) in [5.41, 5.74) is 0. The van der Waals surface area contributed by atoms with Gasteiger partial charge in [0.05, 0.1) is 11.9 Å². The van der Waals surface area contributed by atoms with Crippen molar-refractivity contribution >= 4 is 10.8 Å². The zero-order chi connectivity index (χ0) is 10.3. The lowest BCUT2D eigenvalue weighted by molar-refractivity contribution is 0.198. The highest BCUT2D eigenvalue weighted by Gasteiger charge is 2.10. The van der Waals surface area contributed by atoms with Crippen molar-refractivity contribution in [3.05, 3.63) is 0 Å². The standard InChI is InChI=1S/C9H21NO2S/c1-4-8(2)6-13(12)7-9(11)5-10-3/h8-11H,4-7H2,1-3H3. The molecule has 0 fully saturated rings. The van der Waals surface area contributed by atoms with Crippen LogP contribution >= 0.6 is 0 Å². The van der Waals surface area contributed by atoms with Crippen LogP contribution in [0.5, 0.6) is 0 Å². The van der Waals surface area contributed by atoms with E-state index in [9.17, 15) is 9.32 Å². The Labute approximate surface area is 83.4 Å². The van der Waals surface area contributed by atoms with Gasteiger partial charge in [-0.15, -0.1) is 0 Å². The van der Waals surface area contributed by atoms with Gasteiger partial charge in [0.25, 0.3) is 0 Å². The van der Waals surface area contributed by atoms with Gasteiger partial charge >= 0.3 is 0 Å². The maximum Gasteiger partial charge on any atom is 0.0779 e. The second kappa shape index (κ2) is 7.47. The maximum absolute atomic E-state index is 11.4. The van der Waals surface area contributed by atoms with Crippen LogP contribution in [0.25, 0.3) is 0 Å². The maximum atomic E-state index is 11.4. The lowest BCUT2D eigenvalue weighted by atomic mass is 10.2. The van der Waals surface area contributed by atoms with Crippen LogP contribution in [0.2, 0.25) is 0 Å². The smallest absolute Gasteiger partial charge is 0.0779 e. The average molecular weight is 207 g/mol. The topological polar surface area (TPSA) is 49.3 Å². The SMILES string of the molecule is CCC(C)CS(=O)CC(O)CNC. The van der Waals surface area contributed by atoms with E-state index >= 15 is 0 Å². The molecule has 0 saturated carbocycles. The van der Waals surface area contributed by atoms with Gasteiger partial charge in [-0.05, 0) is 13.0 Å². The zero-order valence-electron chi connectivity index (χ0n) is 8.75. The highest BCUT2D eigenvalue weighted by Crippen LogP contribution is 2.03. The molecule has 0 aromatic heterocycles. The Hall–Kier alpha value is 0.0700. The molecule has 3 unspecified atom stereocenters. The summed E-state index contributed by atoms with van der Waals surface area (Å²) in [5, 5.41) is 12.2. The molecule has 80 valence electrons. The van der Waals surface area contributed by atoms with Crippen LogP contribution in [-0.2, 0) is 10.8 Å². The molecule has 0 rings (SSSR count). The van der Waals surface area contributed by atoms with Gasteiger partial charge in [-0.2, -0.15) is 0 Å². The van der Waals surface area contributed by atoms with E-state index < -0.39 is 16.9 Å². The number of nitrogens with one attached hydrogen (secondary N) is 1. The Morgan fingerprint density at radius 2 is 2.08 bits per heavy atom. The molecule has 3 nitrogen and oxygen atoms in total. The zero-order valence-corrected chi connectivity index (χ0v) is 9.56. The number of rotatable bonds is 7. The van der Waals surface area contributed by atoms with E-state index in [4.69, 9.17) is 0 Å². The molecule has 0 aliphatic rings. The van der Waals surface area contributed by atoms with E-state index in [-0.39, 0.29) is 0 Å². The number of aliphatic hydroxyl groups is 1. The lowest BCUT2D eigenvalue weighted by Crippen LogP contribution is -2.29. The fourth-order valence-electron chi connectivity index (χ4n) is 1.01. The minimum atomic E-state index is -0.872. The third kappa shape index (κ3) is 7.16. The van der Waals surface area contributed by atoms with E-state index in [1.54, 1.807) is 7.05 Å². The minimum Gasteiger partial charge on any atom is -0.391 e. The molecule has 0 heterocycles. The van der Waals surface area contributed by atoms with E-state index in [0.29, 0.717) is 24.0 Å². The largest absolute Gasteiger partial charge is 0.391 e. The summed E-state index contributed by atoms with van der Waals surface area (Å²) in [4.78, 5) is 0. The molecule has 0 radical (unpaired) electrons. The van der Waals surface area contributed by atoms with Crippen molar-refractivity contribution in [1.82, 2.24) is 5.32 Å². The van der Waals surface area contributed by atoms with Gasteiger partial charge in [-0.3, -0.25) is 4.21 Å². The van der Waals surface area contributed by atoms with E-state index in [1.165, 1.54) is 0 Å². The average Bonchev–Trinajstić information content (AvgIpc) is 2.04. The summed E-state index contributed by atoms with van der Waals surface area (Å²) in [6, 6.07) is 0. The molecule has 0 aliphatic heterocycles. The van der Waals surface area contributed by atoms with Gasteiger partial charge in [0.15, 0.2) is 0 Å². The number of hydrogen-bond donors (Lipinski definition) is 2. The molecule has 0 amide bonds. The highest BCUT2D eigenvalue weighted by molar-refractivity contribution is 7.85. The van der Waals surface area contributed by atoms with Crippen LogP contribution in [0.4, 0.5) is 0 Å². The van der Waals surface area contributed by atoms with Gasteiger partial charge in [0.1, 0.15) is 0 Å². The molecule has 0 spiro atoms. The Kier molecular flexibility index (Phi) is 7.51. The monoisotopic (exact) mass is 207 g/mol. The van der Waals surface area contributed by atoms with Crippen LogP contribution < -0.4 is 5.32 Å². The molecule has 0 bridgehead atoms. The second-order valence-electron chi connectivity index (χ2n) is 3.50. The van der Waals surface area contributed by atoms with Gasteiger partial charge in [-0.25, -0.2) is 0 Å². The Balaban J connectivity index is 3.61. The molecule has 13 heavy (non-hydrogen) atoms. The predicted molar refractivity (Wildman–Crippen MR) is 57.3 cm³/mol. The van der Waals surface area contributed by atoms with Gasteiger partial charge < -0.3 is 10.4 Å². The molecule has 0 aromatic rings. The molecular formula is C9H21NO2S. The predicted octanol–water partition coefficient (Wildman–Crippen LogP) is 0.362. The Morgan fingerprint density at radius 3 is 2.54 bits per heavy atom. The summed E-state index contributed by atoms with van der Waals surface area (Å²) >= 11 is 0.